The molecule has 2 bridgehead atoms. The summed E-state index contributed by atoms with van der Waals surface area (Å²) in [4.78, 5) is 43.7. The molecule has 0 radical (unpaired) electrons. The van der Waals surface area contributed by atoms with Gasteiger partial charge in [0, 0.05) is 11.4 Å². The van der Waals surface area contributed by atoms with Gasteiger partial charge < -0.3 is 30.1 Å². The van der Waals surface area contributed by atoms with Crippen LogP contribution in [0.2, 0.25) is 0 Å². The topological polar surface area (TPSA) is 117 Å². The molecule has 1 spiro atoms. The molecule has 3 N–H and O–H groups in total. The van der Waals surface area contributed by atoms with E-state index in [1.807, 2.05) is 52.8 Å². The molecule has 2 unspecified atom stereocenters. The zero-order valence-corrected chi connectivity index (χ0v) is 23.8. The number of hydrogen-bond donors (Lipinski definition) is 3. The fourth-order valence-electron chi connectivity index (χ4n) is 7.10. The van der Waals surface area contributed by atoms with E-state index >= 15 is 0 Å². The van der Waals surface area contributed by atoms with Crippen LogP contribution in [0, 0.1) is 25.7 Å². The maximum atomic E-state index is 14.2. The zero-order valence-electron chi connectivity index (χ0n) is 23.8. The fourth-order valence-corrected chi connectivity index (χ4v) is 7.10. The Morgan fingerprint density at radius 3 is 2.35 bits per heavy atom. The molecular formula is C31H39N3O6. The second-order valence-electron chi connectivity index (χ2n) is 11.4. The lowest BCUT2D eigenvalue weighted by molar-refractivity contribution is -0.146. The summed E-state index contributed by atoms with van der Waals surface area (Å²) in [6.45, 7) is 9.72. The van der Waals surface area contributed by atoms with Gasteiger partial charge in [-0.25, -0.2) is 0 Å². The van der Waals surface area contributed by atoms with Crippen molar-refractivity contribution in [2.24, 2.45) is 11.8 Å². The quantitative estimate of drug-likeness (QED) is 0.438. The number of carbonyl (C=O) groups excluding carboxylic acids is 3. The Morgan fingerprint density at radius 1 is 1.07 bits per heavy atom. The van der Waals surface area contributed by atoms with E-state index in [-0.39, 0.29) is 24.3 Å². The number of amides is 3. The SMILES string of the molecule is CCOc1ccc(NC(=O)[C@@H]2[C@H]3C(=O)N([C@@H](CC)CO)C(C(=O)Nc4c(C)cccc4C)C34CC[C@@]2(C)O4)cc1. The molecule has 214 valence electrons. The lowest BCUT2D eigenvalue weighted by Gasteiger charge is -2.36. The van der Waals surface area contributed by atoms with Crippen LogP contribution in [0.15, 0.2) is 42.5 Å². The number of anilines is 2. The van der Waals surface area contributed by atoms with Crippen molar-refractivity contribution in [2.45, 2.75) is 77.2 Å². The van der Waals surface area contributed by atoms with Gasteiger partial charge in [-0.1, -0.05) is 25.1 Å². The highest BCUT2D eigenvalue weighted by molar-refractivity contribution is 6.05. The second kappa shape index (κ2) is 10.5. The molecule has 0 saturated carbocycles. The Balaban J connectivity index is 1.50. The molecule has 0 aromatic heterocycles. The van der Waals surface area contributed by atoms with Gasteiger partial charge in [-0.2, -0.15) is 0 Å². The summed E-state index contributed by atoms with van der Waals surface area (Å²) in [6, 6.07) is 11.3. The van der Waals surface area contributed by atoms with Crippen molar-refractivity contribution in [1.82, 2.24) is 4.90 Å². The lowest BCUT2D eigenvalue weighted by Crippen LogP contribution is -2.56. The summed E-state index contributed by atoms with van der Waals surface area (Å²) in [6.07, 6.45) is 1.46. The number of aliphatic hydroxyl groups is 1. The average Bonchev–Trinajstić information content (AvgIpc) is 3.49. The molecule has 3 amide bonds. The van der Waals surface area contributed by atoms with Gasteiger partial charge in [-0.05, 0) is 82.3 Å². The Kier molecular flexibility index (Phi) is 7.39. The molecule has 2 aromatic carbocycles. The van der Waals surface area contributed by atoms with Crippen LogP contribution in [0.4, 0.5) is 11.4 Å². The summed E-state index contributed by atoms with van der Waals surface area (Å²) in [5.41, 5.74) is 1.02. The van der Waals surface area contributed by atoms with Gasteiger partial charge in [0.25, 0.3) is 0 Å². The Labute approximate surface area is 235 Å². The smallest absolute Gasteiger partial charge is 0.250 e. The zero-order chi connectivity index (χ0) is 28.8. The van der Waals surface area contributed by atoms with E-state index in [1.165, 1.54) is 4.90 Å². The number of rotatable bonds is 9. The molecule has 3 heterocycles. The maximum Gasteiger partial charge on any atom is 0.250 e. The van der Waals surface area contributed by atoms with Crippen molar-refractivity contribution in [3.05, 3.63) is 53.6 Å². The summed E-state index contributed by atoms with van der Waals surface area (Å²) in [5.74, 6) is -1.95. The van der Waals surface area contributed by atoms with Crippen molar-refractivity contribution >= 4 is 29.1 Å². The molecule has 40 heavy (non-hydrogen) atoms. The summed E-state index contributed by atoms with van der Waals surface area (Å²) >= 11 is 0. The number of aliphatic hydroxyl groups excluding tert-OH is 1. The monoisotopic (exact) mass is 549 g/mol. The van der Waals surface area contributed by atoms with Gasteiger partial charge in [0.05, 0.1) is 36.7 Å². The molecule has 6 atom stereocenters. The number of carbonyl (C=O) groups is 3. The van der Waals surface area contributed by atoms with Crippen LogP contribution in [-0.2, 0) is 19.1 Å². The molecule has 9 heteroatoms. The first-order valence-electron chi connectivity index (χ1n) is 14.1. The van der Waals surface area contributed by atoms with E-state index in [9.17, 15) is 19.5 Å². The number of para-hydroxylation sites is 1. The molecule has 0 aliphatic carbocycles. The molecule has 5 rings (SSSR count). The molecule has 2 aromatic rings. The maximum absolute atomic E-state index is 14.2. The van der Waals surface area contributed by atoms with Gasteiger partial charge in [0.15, 0.2) is 0 Å². The Morgan fingerprint density at radius 2 is 1.75 bits per heavy atom. The largest absolute Gasteiger partial charge is 0.494 e. The van der Waals surface area contributed by atoms with Crippen LogP contribution in [0.25, 0.3) is 0 Å². The number of benzene rings is 2. The standard InChI is InChI=1S/C31H39N3O6/c1-6-21(17-35)34-26(28(37)33-25-18(3)9-8-10-19(25)4)31-16-15-30(5,40-31)23(24(31)29(34)38)27(36)32-20-11-13-22(14-12-20)39-7-2/h8-14,21,23-24,26,35H,6-7,15-17H2,1-5H3,(H,32,36)(H,33,37)/t21-,23-,24-,26?,30+,31?/m0/s1. The highest BCUT2D eigenvalue weighted by Crippen LogP contribution is 2.63. The molecule has 3 aliphatic heterocycles. The third-order valence-electron chi connectivity index (χ3n) is 8.98. The first-order valence-corrected chi connectivity index (χ1v) is 14.1. The van der Waals surface area contributed by atoms with Crippen molar-refractivity contribution in [3.63, 3.8) is 0 Å². The fraction of sp³-hybridized carbons (Fsp3) is 0.516. The van der Waals surface area contributed by atoms with Crippen LogP contribution in [0.1, 0.15) is 51.2 Å². The van der Waals surface area contributed by atoms with E-state index in [0.717, 1.165) is 11.1 Å². The number of nitrogens with one attached hydrogen (secondary N) is 2. The normalized spacial score (nSPS) is 29.3. The minimum atomic E-state index is -1.17. The second-order valence-corrected chi connectivity index (χ2v) is 11.4. The van der Waals surface area contributed by atoms with Crippen LogP contribution in [-0.4, -0.2) is 64.2 Å². The third kappa shape index (κ3) is 4.36. The third-order valence-corrected chi connectivity index (χ3v) is 8.98. The highest BCUT2D eigenvalue weighted by atomic mass is 16.5. The molecule has 3 saturated heterocycles. The van der Waals surface area contributed by atoms with E-state index in [1.54, 1.807) is 24.3 Å². The predicted octanol–water partition coefficient (Wildman–Crippen LogP) is 3.81. The van der Waals surface area contributed by atoms with Gasteiger partial charge in [0.2, 0.25) is 17.7 Å². The number of hydrogen-bond acceptors (Lipinski definition) is 6. The average molecular weight is 550 g/mol. The predicted molar refractivity (Wildman–Crippen MR) is 151 cm³/mol. The number of fused-ring (bicyclic) bond motifs is 1. The van der Waals surface area contributed by atoms with Crippen molar-refractivity contribution < 1.29 is 29.0 Å². The number of nitrogens with zero attached hydrogens (tertiary/aromatic N) is 1. The van der Waals surface area contributed by atoms with Crippen LogP contribution >= 0.6 is 0 Å². The van der Waals surface area contributed by atoms with Gasteiger partial charge >= 0.3 is 0 Å². The van der Waals surface area contributed by atoms with Crippen LogP contribution < -0.4 is 15.4 Å². The van der Waals surface area contributed by atoms with E-state index in [0.29, 0.717) is 43.0 Å². The minimum Gasteiger partial charge on any atom is -0.494 e. The number of likely N-dealkylation sites (tertiary alicyclic amines) is 1. The minimum absolute atomic E-state index is 0.293. The first kappa shape index (κ1) is 28.1. The number of aryl methyl sites for hydroxylation is 2. The van der Waals surface area contributed by atoms with E-state index in [2.05, 4.69) is 10.6 Å². The Bertz CT molecular complexity index is 1290. The summed E-state index contributed by atoms with van der Waals surface area (Å²) in [5, 5.41) is 16.3. The molecule has 3 aliphatic rings. The van der Waals surface area contributed by atoms with Crippen molar-refractivity contribution in [3.8, 4) is 5.75 Å². The summed E-state index contributed by atoms with van der Waals surface area (Å²) in [7, 11) is 0. The first-order chi connectivity index (χ1) is 19.1. The molecule has 9 nitrogen and oxygen atoms in total. The Hall–Kier alpha value is -3.43. The lowest BCUT2D eigenvalue weighted by atomic mass is 9.66. The van der Waals surface area contributed by atoms with Gasteiger partial charge in [-0.3, -0.25) is 14.4 Å². The van der Waals surface area contributed by atoms with Gasteiger partial charge in [0.1, 0.15) is 17.4 Å². The molecule has 3 fully saturated rings. The van der Waals surface area contributed by atoms with Crippen molar-refractivity contribution in [1.29, 1.82) is 0 Å². The molecular weight excluding hydrogens is 510 g/mol. The van der Waals surface area contributed by atoms with E-state index < -0.39 is 35.1 Å². The van der Waals surface area contributed by atoms with Gasteiger partial charge in [-0.15, -0.1) is 0 Å². The van der Waals surface area contributed by atoms with Crippen LogP contribution in [0.3, 0.4) is 0 Å². The van der Waals surface area contributed by atoms with Crippen LogP contribution in [0.5, 0.6) is 5.75 Å². The number of ether oxygens (including phenoxy) is 2. The highest BCUT2D eigenvalue weighted by Gasteiger charge is 2.78. The van der Waals surface area contributed by atoms with E-state index in [4.69, 9.17) is 9.47 Å². The van der Waals surface area contributed by atoms with Crippen molar-refractivity contribution in [2.75, 3.05) is 23.8 Å². The summed E-state index contributed by atoms with van der Waals surface area (Å²) < 4.78 is 12.2.